The molecule has 2 aromatic rings. The van der Waals surface area contributed by atoms with Gasteiger partial charge in [-0.1, -0.05) is 0 Å². The quantitative estimate of drug-likeness (QED) is 0.893. The van der Waals surface area contributed by atoms with Gasteiger partial charge < -0.3 is 14.2 Å². The molecule has 0 aromatic carbocycles. The zero-order valence-electron chi connectivity index (χ0n) is 13.6. The lowest BCUT2D eigenvalue weighted by Crippen LogP contribution is -2.49. The van der Waals surface area contributed by atoms with Gasteiger partial charge in [0.1, 0.15) is 23.9 Å². The number of likely N-dealkylation sites (tertiary alicyclic amines) is 1. The largest absolute Gasteiger partial charge is 0.388 e. The Labute approximate surface area is 135 Å². The van der Waals surface area contributed by atoms with Crippen LogP contribution in [0.4, 0.5) is 0 Å². The molecular weight excluding hydrogens is 292 g/mol. The first-order chi connectivity index (χ1) is 11.0. The summed E-state index contributed by atoms with van der Waals surface area (Å²) >= 11 is 0. The summed E-state index contributed by atoms with van der Waals surface area (Å²) in [6, 6.07) is 4.10. The highest BCUT2D eigenvalue weighted by atomic mass is 16.3. The van der Waals surface area contributed by atoms with Crippen molar-refractivity contribution in [3.63, 3.8) is 0 Å². The lowest BCUT2D eigenvalue weighted by atomic mass is 9.89. The molecule has 0 saturated carbocycles. The normalized spacial score (nSPS) is 22.2. The van der Waals surface area contributed by atoms with Gasteiger partial charge in [0, 0.05) is 39.8 Å². The molecule has 23 heavy (non-hydrogen) atoms. The van der Waals surface area contributed by atoms with Crippen LogP contribution in [0.1, 0.15) is 29.9 Å². The zero-order valence-corrected chi connectivity index (χ0v) is 13.6. The SMILES string of the molecule is Cn1cc(CN2CCCC(O)(Cc3nncn3C)C2)cc1C#N. The van der Waals surface area contributed by atoms with Crippen molar-refractivity contribution in [2.75, 3.05) is 13.1 Å². The summed E-state index contributed by atoms with van der Waals surface area (Å²) < 4.78 is 3.69. The lowest BCUT2D eigenvalue weighted by Gasteiger charge is -2.39. The predicted octanol–water partition coefficient (Wildman–Crippen LogP) is 0.595. The molecule has 0 amide bonds. The Morgan fingerprint density at radius 3 is 2.87 bits per heavy atom. The highest BCUT2D eigenvalue weighted by Gasteiger charge is 2.34. The van der Waals surface area contributed by atoms with Gasteiger partial charge in [-0.3, -0.25) is 4.90 Å². The lowest BCUT2D eigenvalue weighted by molar-refractivity contribution is -0.0344. The molecule has 3 rings (SSSR count). The number of aliphatic hydroxyl groups is 1. The number of aryl methyl sites for hydroxylation is 2. The molecule has 7 heteroatoms. The van der Waals surface area contributed by atoms with Crippen LogP contribution in [0.2, 0.25) is 0 Å². The Morgan fingerprint density at radius 1 is 1.39 bits per heavy atom. The van der Waals surface area contributed by atoms with Crippen molar-refractivity contribution in [2.45, 2.75) is 31.4 Å². The smallest absolute Gasteiger partial charge is 0.135 e. The molecule has 7 nitrogen and oxygen atoms in total. The number of nitriles is 1. The van der Waals surface area contributed by atoms with Crippen LogP contribution in [0, 0.1) is 11.3 Å². The number of aromatic nitrogens is 4. The van der Waals surface area contributed by atoms with E-state index in [0.29, 0.717) is 18.7 Å². The molecule has 3 heterocycles. The molecule has 1 atom stereocenters. The Kier molecular flexibility index (Phi) is 4.20. The molecule has 0 bridgehead atoms. The van der Waals surface area contributed by atoms with Gasteiger partial charge >= 0.3 is 0 Å². The maximum Gasteiger partial charge on any atom is 0.135 e. The van der Waals surface area contributed by atoms with E-state index >= 15 is 0 Å². The number of rotatable bonds is 4. The first-order valence-electron chi connectivity index (χ1n) is 7.82. The van der Waals surface area contributed by atoms with Crippen LogP contribution >= 0.6 is 0 Å². The van der Waals surface area contributed by atoms with E-state index in [9.17, 15) is 5.11 Å². The number of nitrogens with zero attached hydrogens (tertiary/aromatic N) is 6. The molecule has 1 N–H and O–H groups in total. The topological polar surface area (TPSA) is 82.9 Å². The molecule has 1 saturated heterocycles. The maximum absolute atomic E-state index is 10.9. The van der Waals surface area contributed by atoms with Crippen molar-refractivity contribution in [3.8, 4) is 6.07 Å². The van der Waals surface area contributed by atoms with Gasteiger partial charge in [-0.25, -0.2) is 0 Å². The third-order valence-electron chi connectivity index (χ3n) is 4.51. The van der Waals surface area contributed by atoms with E-state index in [0.717, 1.165) is 37.3 Å². The molecule has 1 unspecified atom stereocenters. The Bertz CT molecular complexity index is 727. The van der Waals surface area contributed by atoms with Gasteiger partial charge in [0.2, 0.25) is 0 Å². The summed E-state index contributed by atoms with van der Waals surface area (Å²) in [6.45, 7) is 2.31. The molecule has 1 aliphatic rings. The standard InChI is InChI=1S/C16H22N6O/c1-20-9-13(6-14(20)8-17)10-22-5-3-4-16(23,11-22)7-15-19-18-12-21(15)2/h6,9,12,23H,3-5,7,10-11H2,1-2H3. The van der Waals surface area contributed by atoms with Crippen LogP contribution in [0.25, 0.3) is 0 Å². The number of hydrogen-bond acceptors (Lipinski definition) is 5. The van der Waals surface area contributed by atoms with E-state index in [1.165, 1.54) is 0 Å². The van der Waals surface area contributed by atoms with Crippen molar-refractivity contribution in [3.05, 3.63) is 35.7 Å². The van der Waals surface area contributed by atoms with Gasteiger partial charge in [-0.15, -0.1) is 10.2 Å². The first-order valence-corrected chi connectivity index (χ1v) is 7.82. The van der Waals surface area contributed by atoms with Crippen molar-refractivity contribution in [1.82, 2.24) is 24.2 Å². The monoisotopic (exact) mass is 314 g/mol. The van der Waals surface area contributed by atoms with Crippen molar-refractivity contribution in [2.24, 2.45) is 14.1 Å². The van der Waals surface area contributed by atoms with Crippen molar-refractivity contribution in [1.29, 1.82) is 5.26 Å². The molecule has 1 fully saturated rings. The van der Waals surface area contributed by atoms with Crippen molar-refractivity contribution < 1.29 is 5.11 Å². The minimum atomic E-state index is -0.772. The van der Waals surface area contributed by atoms with E-state index in [-0.39, 0.29) is 0 Å². The highest BCUT2D eigenvalue weighted by molar-refractivity contribution is 5.28. The zero-order chi connectivity index (χ0) is 16.4. The first kappa shape index (κ1) is 15.7. The number of β-amino-alcohol motifs (C(OH)–C–C–N with tert-alkyl or cyclic N) is 1. The average molecular weight is 314 g/mol. The number of hydrogen-bond donors (Lipinski definition) is 1. The second-order valence-electron chi connectivity index (χ2n) is 6.53. The van der Waals surface area contributed by atoms with E-state index in [1.54, 1.807) is 6.33 Å². The van der Waals surface area contributed by atoms with Gasteiger partial charge in [0.05, 0.1) is 5.60 Å². The predicted molar refractivity (Wildman–Crippen MR) is 84.3 cm³/mol. The molecule has 122 valence electrons. The van der Waals surface area contributed by atoms with Crippen LogP contribution in [-0.4, -0.2) is 48.0 Å². The maximum atomic E-state index is 10.9. The van der Waals surface area contributed by atoms with E-state index in [4.69, 9.17) is 5.26 Å². The van der Waals surface area contributed by atoms with Crippen LogP contribution in [-0.2, 0) is 27.1 Å². The van der Waals surface area contributed by atoms with Crippen LogP contribution in [0.15, 0.2) is 18.6 Å². The van der Waals surface area contributed by atoms with Gasteiger partial charge in [0.15, 0.2) is 0 Å². The fraction of sp³-hybridized carbons (Fsp3) is 0.562. The molecule has 0 spiro atoms. The fourth-order valence-corrected chi connectivity index (χ4v) is 3.34. The third kappa shape index (κ3) is 3.44. The summed E-state index contributed by atoms with van der Waals surface area (Å²) in [5.41, 5.74) is 0.990. The van der Waals surface area contributed by atoms with Gasteiger partial charge in [-0.2, -0.15) is 5.26 Å². The second kappa shape index (κ2) is 6.14. The fourth-order valence-electron chi connectivity index (χ4n) is 3.34. The summed E-state index contributed by atoms with van der Waals surface area (Å²) in [5, 5.41) is 28.0. The van der Waals surface area contributed by atoms with Crippen LogP contribution < -0.4 is 0 Å². The molecule has 1 aliphatic heterocycles. The highest BCUT2D eigenvalue weighted by Crippen LogP contribution is 2.26. The Balaban J connectivity index is 1.67. The van der Waals surface area contributed by atoms with Crippen molar-refractivity contribution >= 4 is 0 Å². The Hall–Kier alpha value is -2.17. The van der Waals surface area contributed by atoms with Gasteiger partial charge in [-0.05, 0) is 31.0 Å². The second-order valence-corrected chi connectivity index (χ2v) is 6.53. The summed E-state index contributed by atoms with van der Waals surface area (Å²) in [6.07, 6.45) is 5.88. The van der Waals surface area contributed by atoms with E-state index in [2.05, 4.69) is 21.2 Å². The minimum Gasteiger partial charge on any atom is -0.388 e. The molecule has 0 aliphatic carbocycles. The summed E-state index contributed by atoms with van der Waals surface area (Å²) in [5.74, 6) is 0.806. The third-order valence-corrected chi connectivity index (χ3v) is 4.51. The molecular formula is C16H22N6O. The Morgan fingerprint density at radius 2 is 2.22 bits per heavy atom. The van der Waals surface area contributed by atoms with E-state index in [1.807, 2.05) is 35.5 Å². The average Bonchev–Trinajstić information content (AvgIpc) is 3.04. The number of piperidine rings is 1. The van der Waals surface area contributed by atoms with E-state index < -0.39 is 5.60 Å². The summed E-state index contributed by atoms with van der Waals surface area (Å²) in [7, 11) is 3.77. The van der Waals surface area contributed by atoms with Gasteiger partial charge in [0.25, 0.3) is 0 Å². The van der Waals surface area contributed by atoms with Crippen LogP contribution in [0.5, 0.6) is 0 Å². The summed E-state index contributed by atoms with van der Waals surface area (Å²) in [4.78, 5) is 2.25. The minimum absolute atomic E-state index is 0.512. The molecule has 2 aromatic heterocycles. The van der Waals surface area contributed by atoms with Crippen LogP contribution in [0.3, 0.4) is 0 Å². The molecule has 0 radical (unpaired) electrons.